The Labute approximate surface area is 110 Å². The lowest BCUT2D eigenvalue weighted by Crippen LogP contribution is -2.12. The van der Waals surface area contributed by atoms with E-state index in [2.05, 4.69) is 5.32 Å². The van der Waals surface area contributed by atoms with Gasteiger partial charge in [0.15, 0.2) is 0 Å². The molecule has 1 rings (SSSR count). The average molecular weight is 269 g/mol. The number of hydrogen-bond acceptors (Lipinski definition) is 3. The van der Waals surface area contributed by atoms with Crippen molar-refractivity contribution in [1.82, 2.24) is 0 Å². The summed E-state index contributed by atoms with van der Waals surface area (Å²) in [4.78, 5) is 21.8. The van der Waals surface area contributed by atoms with E-state index in [1.165, 1.54) is 25.3 Å². The van der Waals surface area contributed by atoms with Gasteiger partial charge in [0, 0.05) is 18.9 Å². The Bertz CT molecular complexity index is 462. The normalized spacial score (nSPS) is 10.0. The first-order valence-electron chi connectivity index (χ1n) is 5.88. The number of carbonyl (C=O) groups is 2. The Morgan fingerprint density at radius 3 is 2.63 bits per heavy atom. The Morgan fingerprint density at radius 1 is 1.32 bits per heavy atom. The zero-order chi connectivity index (χ0) is 14.3. The van der Waals surface area contributed by atoms with Crippen molar-refractivity contribution in [3.05, 3.63) is 24.0 Å². The predicted molar refractivity (Wildman–Crippen MR) is 67.7 cm³/mol. The van der Waals surface area contributed by atoms with E-state index >= 15 is 0 Å². The third-order valence-electron chi connectivity index (χ3n) is 2.49. The second-order valence-corrected chi connectivity index (χ2v) is 3.99. The maximum Gasteiger partial charge on any atom is 0.303 e. The van der Waals surface area contributed by atoms with Crippen LogP contribution in [0.15, 0.2) is 18.2 Å². The Kier molecular flexibility index (Phi) is 5.78. The number of nitrogens with one attached hydrogen (secondary N) is 1. The van der Waals surface area contributed by atoms with Crippen molar-refractivity contribution in [1.29, 1.82) is 0 Å². The highest BCUT2D eigenvalue weighted by molar-refractivity contribution is 5.91. The maximum atomic E-state index is 13.4. The summed E-state index contributed by atoms with van der Waals surface area (Å²) in [7, 11) is 1.45. The van der Waals surface area contributed by atoms with Crippen molar-refractivity contribution in [3.8, 4) is 5.75 Å². The van der Waals surface area contributed by atoms with Gasteiger partial charge in [-0.3, -0.25) is 9.59 Å². The monoisotopic (exact) mass is 269 g/mol. The van der Waals surface area contributed by atoms with Gasteiger partial charge in [-0.2, -0.15) is 0 Å². The number of aliphatic carboxylic acids is 1. The van der Waals surface area contributed by atoms with Crippen LogP contribution in [0, 0.1) is 5.82 Å². The summed E-state index contributed by atoms with van der Waals surface area (Å²) in [5.74, 6) is -1.33. The molecule has 2 N–H and O–H groups in total. The van der Waals surface area contributed by atoms with Crippen LogP contribution in [0.2, 0.25) is 0 Å². The lowest BCUT2D eigenvalue weighted by molar-refractivity contribution is -0.137. The number of amides is 1. The molecule has 0 heterocycles. The van der Waals surface area contributed by atoms with E-state index in [-0.39, 0.29) is 24.4 Å². The van der Waals surface area contributed by atoms with Gasteiger partial charge in [0.2, 0.25) is 5.91 Å². The average Bonchev–Trinajstić information content (AvgIpc) is 2.37. The summed E-state index contributed by atoms with van der Waals surface area (Å²) in [5, 5.41) is 10.9. The Balaban J connectivity index is 2.45. The summed E-state index contributed by atoms with van der Waals surface area (Å²) < 4.78 is 18.3. The van der Waals surface area contributed by atoms with Crippen molar-refractivity contribution in [2.75, 3.05) is 12.4 Å². The van der Waals surface area contributed by atoms with Crippen molar-refractivity contribution >= 4 is 17.6 Å². The van der Waals surface area contributed by atoms with Crippen LogP contribution >= 0.6 is 0 Å². The number of benzene rings is 1. The van der Waals surface area contributed by atoms with E-state index in [0.717, 1.165) is 0 Å². The summed E-state index contributed by atoms with van der Waals surface area (Å²) in [6.45, 7) is 0. The van der Waals surface area contributed by atoms with Crippen LogP contribution in [0.5, 0.6) is 5.75 Å². The molecule has 0 saturated heterocycles. The summed E-state index contributed by atoms with van der Waals surface area (Å²) in [6, 6.07) is 4.06. The largest absolute Gasteiger partial charge is 0.497 e. The number of methoxy groups -OCH3 is 1. The van der Waals surface area contributed by atoms with E-state index in [9.17, 15) is 14.0 Å². The number of hydrogen-bond donors (Lipinski definition) is 2. The van der Waals surface area contributed by atoms with E-state index in [1.54, 1.807) is 0 Å². The number of rotatable bonds is 7. The molecule has 5 nitrogen and oxygen atoms in total. The molecule has 0 radical (unpaired) electrons. The van der Waals surface area contributed by atoms with Gasteiger partial charge in [-0.1, -0.05) is 0 Å². The highest BCUT2D eigenvalue weighted by Gasteiger charge is 2.08. The van der Waals surface area contributed by atoms with E-state index < -0.39 is 11.8 Å². The number of carboxylic acids is 1. The second kappa shape index (κ2) is 7.35. The fourth-order valence-electron chi connectivity index (χ4n) is 1.50. The molecule has 0 fully saturated rings. The molecule has 104 valence electrons. The van der Waals surface area contributed by atoms with Gasteiger partial charge in [-0.15, -0.1) is 0 Å². The number of carboxylic acid groups (broad SMARTS) is 1. The van der Waals surface area contributed by atoms with Gasteiger partial charge in [0.25, 0.3) is 0 Å². The standard InChI is InChI=1S/C13H16FNO4/c1-19-9-6-7-10(14)11(8-9)15-12(16)4-2-3-5-13(17)18/h6-8H,2-5H2,1H3,(H,15,16)(H,17,18). The number of halogens is 1. The Morgan fingerprint density at radius 2 is 2.00 bits per heavy atom. The van der Waals surface area contributed by atoms with Crippen LogP contribution in [0.4, 0.5) is 10.1 Å². The lowest BCUT2D eigenvalue weighted by atomic mass is 10.2. The Hall–Kier alpha value is -2.11. The molecule has 1 aromatic carbocycles. The highest BCUT2D eigenvalue weighted by Crippen LogP contribution is 2.21. The second-order valence-electron chi connectivity index (χ2n) is 3.99. The van der Waals surface area contributed by atoms with E-state index in [0.29, 0.717) is 18.6 Å². The molecule has 0 aliphatic rings. The molecule has 0 atom stereocenters. The number of unbranched alkanes of at least 4 members (excludes halogenated alkanes) is 1. The predicted octanol–water partition coefficient (Wildman–Crippen LogP) is 2.42. The van der Waals surface area contributed by atoms with E-state index in [4.69, 9.17) is 9.84 Å². The first kappa shape index (κ1) is 14.9. The van der Waals surface area contributed by atoms with Crippen molar-refractivity contribution in [3.63, 3.8) is 0 Å². The van der Waals surface area contributed by atoms with Gasteiger partial charge < -0.3 is 15.2 Å². The molecule has 0 bridgehead atoms. The molecule has 19 heavy (non-hydrogen) atoms. The number of ether oxygens (including phenoxy) is 1. The van der Waals surface area contributed by atoms with Crippen LogP contribution in [0.25, 0.3) is 0 Å². The molecule has 0 spiro atoms. The fourth-order valence-corrected chi connectivity index (χ4v) is 1.50. The molecule has 0 saturated carbocycles. The first-order valence-corrected chi connectivity index (χ1v) is 5.88. The van der Waals surface area contributed by atoms with Crippen LogP contribution in [0.3, 0.4) is 0 Å². The maximum absolute atomic E-state index is 13.4. The molecule has 1 aromatic rings. The number of anilines is 1. The van der Waals surface area contributed by atoms with Crippen LogP contribution in [-0.2, 0) is 9.59 Å². The van der Waals surface area contributed by atoms with Crippen LogP contribution in [0.1, 0.15) is 25.7 Å². The molecule has 0 aliphatic carbocycles. The zero-order valence-electron chi connectivity index (χ0n) is 10.6. The van der Waals surface area contributed by atoms with Crippen molar-refractivity contribution in [2.45, 2.75) is 25.7 Å². The third-order valence-corrected chi connectivity index (χ3v) is 2.49. The number of carbonyl (C=O) groups excluding carboxylic acids is 1. The molecule has 0 aliphatic heterocycles. The summed E-state index contributed by atoms with van der Waals surface area (Å²) in [5.41, 5.74) is 0.0579. The van der Waals surface area contributed by atoms with Crippen molar-refractivity contribution in [2.24, 2.45) is 0 Å². The zero-order valence-corrected chi connectivity index (χ0v) is 10.6. The van der Waals surface area contributed by atoms with Gasteiger partial charge in [-0.25, -0.2) is 4.39 Å². The van der Waals surface area contributed by atoms with Gasteiger partial charge >= 0.3 is 5.97 Å². The van der Waals surface area contributed by atoms with E-state index in [1.807, 2.05) is 0 Å². The van der Waals surface area contributed by atoms with Gasteiger partial charge in [0.05, 0.1) is 12.8 Å². The topological polar surface area (TPSA) is 75.6 Å². The minimum absolute atomic E-state index is 0.0286. The fraction of sp³-hybridized carbons (Fsp3) is 0.385. The summed E-state index contributed by atoms with van der Waals surface area (Å²) in [6.07, 6.45) is 1.05. The van der Waals surface area contributed by atoms with Crippen LogP contribution in [-0.4, -0.2) is 24.1 Å². The minimum Gasteiger partial charge on any atom is -0.497 e. The van der Waals surface area contributed by atoms with Gasteiger partial charge in [0.1, 0.15) is 11.6 Å². The quantitative estimate of drug-likeness (QED) is 0.745. The minimum atomic E-state index is -0.890. The molecular weight excluding hydrogens is 253 g/mol. The first-order chi connectivity index (χ1) is 9.02. The SMILES string of the molecule is COc1ccc(F)c(NC(=O)CCCCC(=O)O)c1. The third kappa shape index (κ3) is 5.37. The summed E-state index contributed by atoms with van der Waals surface area (Å²) >= 11 is 0. The van der Waals surface area contributed by atoms with Crippen LogP contribution < -0.4 is 10.1 Å². The highest BCUT2D eigenvalue weighted by atomic mass is 19.1. The van der Waals surface area contributed by atoms with Crippen molar-refractivity contribution < 1.29 is 23.8 Å². The molecule has 0 aromatic heterocycles. The smallest absolute Gasteiger partial charge is 0.303 e. The molecular formula is C13H16FNO4. The molecule has 6 heteroatoms. The molecule has 1 amide bonds. The van der Waals surface area contributed by atoms with Gasteiger partial charge in [-0.05, 0) is 25.0 Å². The molecule has 0 unspecified atom stereocenters. The lowest BCUT2D eigenvalue weighted by Gasteiger charge is -2.08.